The molecule has 0 spiro atoms. The fourth-order valence-electron chi connectivity index (χ4n) is 1.90. The van der Waals surface area contributed by atoms with E-state index in [-0.39, 0.29) is 17.9 Å². The van der Waals surface area contributed by atoms with E-state index in [0.29, 0.717) is 11.4 Å². The van der Waals surface area contributed by atoms with Gasteiger partial charge in [-0.25, -0.2) is 13.1 Å². The Bertz CT molecular complexity index is 530. The molecule has 3 N–H and O–H groups in total. The van der Waals surface area contributed by atoms with E-state index in [9.17, 15) is 8.42 Å². The van der Waals surface area contributed by atoms with Gasteiger partial charge in [0.25, 0.3) is 0 Å². The second-order valence-electron chi connectivity index (χ2n) is 4.72. The first kappa shape index (κ1) is 16.8. The van der Waals surface area contributed by atoms with Gasteiger partial charge < -0.3 is 5.73 Å². The quantitative estimate of drug-likeness (QED) is 0.813. The van der Waals surface area contributed by atoms with Gasteiger partial charge in [0.05, 0.1) is 4.90 Å². The number of benzene rings is 1. The second kappa shape index (κ2) is 6.45. The van der Waals surface area contributed by atoms with Crippen molar-refractivity contribution in [3.63, 3.8) is 0 Å². The third kappa shape index (κ3) is 4.10. The van der Waals surface area contributed by atoms with Gasteiger partial charge in [-0.2, -0.15) is 0 Å². The molecule has 1 fully saturated rings. The molecular weight excluding hydrogens is 304 g/mol. The van der Waals surface area contributed by atoms with Crippen LogP contribution in [-0.2, 0) is 10.0 Å². The van der Waals surface area contributed by atoms with Gasteiger partial charge in [0.15, 0.2) is 0 Å². The van der Waals surface area contributed by atoms with Crippen LogP contribution in [0.5, 0.6) is 0 Å². The van der Waals surface area contributed by atoms with Crippen LogP contribution in [0, 0.1) is 0 Å². The molecule has 0 bridgehead atoms. The van der Waals surface area contributed by atoms with Gasteiger partial charge in [-0.15, -0.1) is 24.2 Å². The Balaban J connectivity index is 0.00000180. The first-order chi connectivity index (χ1) is 8.45. The summed E-state index contributed by atoms with van der Waals surface area (Å²) in [6, 6.07) is 6.92. The zero-order valence-electron chi connectivity index (χ0n) is 10.8. The lowest BCUT2D eigenvalue weighted by atomic mass is 9.78. The number of rotatable bonds is 5. The first-order valence-corrected chi connectivity index (χ1v) is 8.59. The zero-order chi connectivity index (χ0) is 13.2. The van der Waals surface area contributed by atoms with Crippen LogP contribution in [0.3, 0.4) is 0 Å². The Morgan fingerprint density at radius 2 is 2.11 bits per heavy atom. The zero-order valence-corrected chi connectivity index (χ0v) is 13.2. The molecule has 0 atom stereocenters. The van der Waals surface area contributed by atoms with Crippen molar-refractivity contribution >= 4 is 34.2 Å². The molecule has 0 unspecified atom stereocenters. The summed E-state index contributed by atoms with van der Waals surface area (Å²) in [5.74, 6) is 0. The molecule has 1 saturated carbocycles. The van der Waals surface area contributed by atoms with E-state index in [2.05, 4.69) is 4.72 Å². The Kier molecular flexibility index (Phi) is 5.70. The van der Waals surface area contributed by atoms with E-state index in [1.54, 1.807) is 18.2 Å². The van der Waals surface area contributed by atoms with Gasteiger partial charge in [0.2, 0.25) is 10.0 Å². The van der Waals surface area contributed by atoms with Crippen LogP contribution >= 0.6 is 24.2 Å². The van der Waals surface area contributed by atoms with E-state index >= 15 is 0 Å². The molecule has 0 aromatic heterocycles. The lowest BCUT2D eigenvalue weighted by Crippen LogP contribution is -2.54. The summed E-state index contributed by atoms with van der Waals surface area (Å²) in [5, 5.41) is 0. The van der Waals surface area contributed by atoms with Crippen LogP contribution in [0.2, 0.25) is 0 Å². The summed E-state index contributed by atoms with van der Waals surface area (Å²) in [7, 11) is -3.45. The average Bonchev–Trinajstić information content (AvgIpc) is 2.34. The van der Waals surface area contributed by atoms with Crippen molar-refractivity contribution in [3.8, 4) is 0 Å². The fraction of sp³-hybridized carbons (Fsp3) is 0.500. The molecule has 0 aliphatic heterocycles. The summed E-state index contributed by atoms with van der Waals surface area (Å²) < 4.78 is 26.8. The molecule has 4 nitrogen and oxygen atoms in total. The van der Waals surface area contributed by atoms with Gasteiger partial charge in [-0.05, 0) is 43.7 Å². The summed E-state index contributed by atoms with van der Waals surface area (Å²) in [6.45, 7) is 0.318. The Morgan fingerprint density at radius 3 is 2.63 bits per heavy atom. The lowest BCUT2D eigenvalue weighted by Gasteiger charge is -2.38. The number of halogens is 1. The van der Waals surface area contributed by atoms with Crippen LogP contribution in [0.1, 0.15) is 19.3 Å². The molecule has 2 rings (SSSR count). The number of hydrogen-bond donors (Lipinski definition) is 2. The van der Waals surface area contributed by atoms with Crippen LogP contribution in [0.4, 0.5) is 0 Å². The van der Waals surface area contributed by atoms with Crippen LogP contribution in [-0.4, -0.2) is 26.8 Å². The highest BCUT2D eigenvalue weighted by Crippen LogP contribution is 2.28. The molecule has 0 radical (unpaired) electrons. The third-order valence-corrected chi connectivity index (χ3v) is 5.44. The predicted molar refractivity (Wildman–Crippen MR) is 81.4 cm³/mol. The van der Waals surface area contributed by atoms with E-state index in [0.717, 1.165) is 24.2 Å². The molecule has 0 amide bonds. The molecule has 0 saturated heterocycles. The highest BCUT2D eigenvalue weighted by atomic mass is 35.5. The standard InChI is InChI=1S/C12H18N2O2S2.ClH/c1-17-10-4-2-5-11(8-10)18(15,16)14-9-12(13)6-3-7-12;/h2,4-5,8,14H,3,6-7,9,13H2,1H3;1H. The molecule has 0 heterocycles. The van der Waals surface area contributed by atoms with Crippen molar-refractivity contribution in [1.29, 1.82) is 0 Å². The van der Waals surface area contributed by atoms with E-state index in [1.165, 1.54) is 11.8 Å². The van der Waals surface area contributed by atoms with Crippen molar-refractivity contribution < 1.29 is 8.42 Å². The maximum absolute atomic E-state index is 12.1. The number of thioether (sulfide) groups is 1. The molecule has 1 aromatic carbocycles. The minimum Gasteiger partial charge on any atom is -0.324 e. The molecule has 108 valence electrons. The third-order valence-electron chi connectivity index (χ3n) is 3.32. The van der Waals surface area contributed by atoms with Gasteiger partial charge in [0.1, 0.15) is 0 Å². The summed E-state index contributed by atoms with van der Waals surface area (Å²) in [5.41, 5.74) is 5.67. The number of nitrogens with two attached hydrogens (primary N) is 1. The Labute approximate surface area is 125 Å². The van der Waals surface area contributed by atoms with Crippen molar-refractivity contribution in [1.82, 2.24) is 4.72 Å². The lowest BCUT2D eigenvalue weighted by molar-refractivity contribution is 0.251. The van der Waals surface area contributed by atoms with Crippen molar-refractivity contribution in [3.05, 3.63) is 24.3 Å². The van der Waals surface area contributed by atoms with Crippen LogP contribution in [0.15, 0.2) is 34.1 Å². The maximum Gasteiger partial charge on any atom is 0.240 e. The maximum atomic E-state index is 12.1. The van der Waals surface area contributed by atoms with Crippen LogP contribution < -0.4 is 10.5 Å². The number of hydrogen-bond acceptors (Lipinski definition) is 4. The minimum absolute atomic E-state index is 0. The largest absolute Gasteiger partial charge is 0.324 e. The highest BCUT2D eigenvalue weighted by molar-refractivity contribution is 7.98. The van der Waals surface area contributed by atoms with Gasteiger partial charge >= 0.3 is 0 Å². The summed E-state index contributed by atoms with van der Waals surface area (Å²) in [4.78, 5) is 1.24. The Morgan fingerprint density at radius 1 is 1.42 bits per heavy atom. The molecular formula is C12H19ClN2O2S2. The smallest absolute Gasteiger partial charge is 0.240 e. The molecule has 7 heteroatoms. The van der Waals surface area contributed by atoms with E-state index in [4.69, 9.17) is 5.73 Å². The van der Waals surface area contributed by atoms with Gasteiger partial charge in [-0.3, -0.25) is 0 Å². The van der Waals surface area contributed by atoms with Crippen molar-refractivity contribution in [2.75, 3.05) is 12.8 Å². The van der Waals surface area contributed by atoms with Crippen molar-refractivity contribution in [2.24, 2.45) is 5.73 Å². The number of nitrogens with one attached hydrogen (secondary N) is 1. The predicted octanol–water partition coefficient (Wildman–Crippen LogP) is 1.99. The first-order valence-electron chi connectivity index (χ1n) is 5.88. The highest BCUT2D eigenvalue weighted by Gasteiger charge is 2.33. The monoisotopic (exact) mass is 322 g/mol. The average molecular weight is 323 g/mol. The van der Waals surface area contributed by atoms with Gasteiger partial charge in [0, 0.05) is 17.0 Å². The fourth-order valence-corrected chi connectivity index (χ4v) is 3.62. The van der Waals surface area contributed by atoms with Crippen molar-refractivity contribution in [2.45, 2.75) is 34.6 Å². The molecule has 19 heavy (non-hydrogen) atoms. The molecule has 1 aliphatic carbocycles. The summed E-state index contributed by atoms with van der Waals surface area (Å²) >= 11 is 1.52. The minimum atomic E-state index is -3.45. The number of sulfonamides is 1. The van der Waals surface area contributed by atoms with Crippen LogP contribution in [0.25, 0.3) is 0 Å². The van der Waals surface area contributed by atoms with E-state index in [1.807, 2.05) is 12.3 Å². The SMILES string of the molecule is CSc1cccc(S(=O)(=O)NCC2(N)CCC2)c1.Cl. The molecule has 1 aliphatic rings. The molecule has 1 aromatic rings. The second-order valence-corrected chi connectivity index (χ2v) is 7.37. The summed E-state index contributed by atoms with van der Waals surface area (Å²) in [6.07, 6.45) is 4.78. The normalized spacial score (nSPS) is 17.4. The van der Waals surface area contributed by atoms with E-state index < -0.39 is 10.0 Å². The Hall–Kier alpha value is -0.270. The topological polar surface area (TPSA) is 72.2 Å². The van der Waals surface area contributed by atoms with Gasteiger partial charge in [-0.1, -0.05) is 6.07 Å².